The number of rotatable bonds is 3. The number of hydrogen-bond donors (Lipinski definition) is 1. The van der Waals surface area contributed by atoms with Crippen LogP contribution in [-0.4, -0.2) is 47.2 Å². The Labute approximate surface area is 137 Å². The number of aromatic nitrogens is 1. The Kier molecular flexibility index (Phi) is 4.02. The molecule has 1 aliphatic heterocycles. The number of hydrogen-bond acceptors (Lipinski definition) is 4. The Hall–Kier alpha value is -1.91. The van der Waals surface area contributed by atoms with Gasteiger partial charge in [0, 0.05) is 44.1 Å². The molecule has 0 amide bonds. The van der Waals surface area contributed by atoms with Gasteiger partial charge < -0.3 is 10.0 Å². The summed E-state index contributed by atoms with van der Waals surface area (Å²) in [5.41, 5.74) is 4.98. The van der Waals surface area contributed by atoms with Gasteiger partial charge in [-0.1, -0.05) is 24.3 Å². The number of anilines is 1. The molecule has 2 aromatic rings. The van der Waals surface area contributed by atoms with Gasteiger partial charge in [-0.25, -0.2) is 0 Å². The van der Waals surface area contributed by atoms with Crippen LogP contribution in [-0.2, 0) is 19.4 Å². The standard InChI is InChI=1S/C19H23N3O/c23-14-17-13-18(5-6-20-17)21-7-9-22(10-8-21)19-11-15-3-1-2-4-16(15)12-19/h1-6,13,19,23H,7-12,14H2. The van der Waals surface area contributed by atoms with Crippen molar-refractivity contribution in [1.82, 2.24) is 9.88 Å². The minimum absolute atomic E-state index is 0.00807. The van der Waals surface area contributed by atoms with Gasteiger partial charge in [0.15, 0.2) is 0 Å². The molecule has 2 aliphatic rings. The van der Waals surface area contributed by atoms with Crippen molar-refractivity contribution in [2.75, 3.05) is 31.1 Å². The smallest absolute Gasteiger partial charge is 0.0853 e. The van der Waals surface area contributed by atoms with E-state index in [4.69, 9.17) is 0 Å². The fourth-order valence-corrected chi connectivity index (χ4v) is 3.89. The zero-order valence-corrected chi connectivity index (χ0v) is 13.4. The van der Waals surface area contributed by atoms with E-state index in [2.05, 4.69) is 39.0 Å². The molecule has 4 nitrogen and oxygen atoms in total. The first kappa shape index (κ1) is 14.7. The number of nitrogens with zero attached hydrogens (tertiary/aromatic N) is 3. The molecule has 1 fully saturated rings. The van der Waals surface area contributed by atoms with E-state index in [0.29, 0.717) is 6.04 Å². The normalized spacial score (nSPS) is 19.1. The monoisotopic (exact) mass is 309 g/mol. The van der Waals surface area contributed by atoms with Crippen molar-refractivity contribution in [3.63, 3.8) is 0 Å². The zero-order chi connectivity index (χ0) is 15.6. The summed E-state index contributed by atoms with van der Waals surface area (Å²) in [6, 6.07) is 13.6. The average Bonchev–Trinajstić information content (AvgIpc) is 3.06. The molecule has 2 heterocycles. The molecule has 1 aromatic heterocycles. The molecule has 0 radical (unpaired) electrons. The van der Waals surface area contributed by atoms with Crippen LogP contribution in [0.2, 0.25) is 0 Å². The molecular formula is C19H23N3O. The van der Waals surface area contributed by atoms with Gasteiger partial charge in [0.05, 0.1) is 12.3 Å². The number of benzene rings is 1. The predicted octanol–water partition coefficient (Wildman–Crippen LogP) is 1.86. The second-order valence-corrected chi connectivity index (χ2v) is 6.52. The van der Waals surface area contributed by atoms with Crippen LogP contribution in [0.4, 0.5) is 5.69 Å². The Morgan fingerprint density at radius 2 is 1.70 bits per heavy atom. The first-order valence-electron chi connectivity index (χ1n) is 8.45. The van der Waals surface area contributed by atoms with Gasteiger partial charge in [0.2, 0.25) is 0 Å². The maximum absolute atomic E-state index is 9.24. The van der Waals surface area contributed by atoms with Crippen molar-refractivity contribution < 1.29 is 5.11 Å². The molecule has 1 aliphatic carbocycles. The minimum Gasteiger partial charge on any atom is -0.390 e. The highest BCUT2D eigenvalue weighted by molar-refractivity contribution is 5.47. The van der Waals surface area contributed by atoms with Gasteiger partial charge in [-0.2, -0.15) is 0 Å². The van der Waals surface area contributed by atoms with E-state index in [1.54, 1.807) is 6.20 Å². The lowest BCUT2D eigenvalue weighted by Crippen LogP contribution is -2.50. The Morgan fingerprint density at radius 3 is 2.35 bits per heavy atom. The fourth-order valence-electron chi connectivity index (χ4n) is 3.89. The quantitative estimate of drug-likeness (QED) is 0.939. The van der Waals surface area contributed by atoms with Gasteiger partial charge in [-0.15, -0.1) is 0 Å². The van der Waals surface area contributed by atoms with E-state index in [0.717, 1.165) is 31.9 Å². The first-order valence-corrected chi connectivity index (χ1v) is 8.45. The van der Waals surface area contributed by atoms with E-state index >= 15 is 0 Å². The van der Waals surface area contributed by atoms with Gasteiger partial charge in [-0.3, -0.25) is 9.88 Å². The topological polar surface area (TPSA) is 39.6 Å². The average molecular weight is 309 g/mol. The first-order chi connectivity index (χ1) is 11.3. The molecule has 1 saturated heterocycles. The Morgan fingerprint density at radius 1 is 1.00 bits per heavy atom. The van der Waals surface area contributed by atoms with Crippen molar-refractivity contribution in [2.45, 2.75) is 25.5 Å². The summed E-state index contributed by atoms with van der Waals surface area (Å²) in [5.74, 6) is 0. The van der Waals surface area contributed by atoms with Crippen molar-refractivity contribution in [3.05, 3.63) is 59.4 Å². The second-order valence-electron chi connectivity index (χ2n) is 6.52. The third-order valence-corrected chi connectivity index (χ3v) is 5.19. The molecule has 0 unspecified atom stereocenters. The summed E-state index contributed by atoms with van der Waals surface area (Å²) in [5, 5.41) is 9.24. The van der Waals surface area contributed by atoms with E-state index in [1.165, 1.54) is 29.7 Å². The SMILES string of the molecule is OCc1cc(N2CCN(C3Cc4ccccc4C3)CC2)ccn1. The van der Waals surface area contributed by atoms with Gasteiger partial charge in [-0.05, 0) is 36.1 Å². The van der Waals surface area contributed by atoms with E-state index in [9.17, 15) is 5.11 Å². The van der Waals surface area contributed by atoms with Crippen LogP contribution in [0.5, 0.6) is 0 Å². The van der Waals surface area contributed by atoms with Crippen molar-refractivity contribution in [3.8, 4) is 0 Å². The van der Waals surface area contributed by atoms with E-state index in [1.807, 2.05) is 12.1 Å². The van der Waals surface area contributed by atoms with Crippen LogP contribution < -0.4 is 4.90 Å². The highest BCUT2D eigenvalue weighted by atomic mass is 16.3. The van der Waals surface area contributed by atoms with E-state index in [-0.39, 0.29) is 6.61 Å². The fraction of sp³-hybridized carbons (Fsp3) is 0.421. The van der Waals surface area contributed by atoms with Crippen LogP contribution >= 0.6 is 0 Å². The Balaban J connectivity index is 1.38. The maximum atomic E-state index is 9.24. The molecule has 4 heteroatoms. The molecule has 0 saturated carbocycles. The zero-order valence-electron chi connectivity index (χ0n) is 13.4. The third kappa shape index (κ3) is 2.96. The van der Waals surface area contributed by atoms with Gasteiger partial charge in [0.25, 0.3) is 0 Å². The number of aliphatic hydroxyl groups excluding tert-OH is 1. The van der Waals surface area contributed by atoms with Crippen molar-refractivity contribution in [2.24, 2.45) is 0 Å². The molecule has 0 bridgehead atoms. The summed E-state index contributed by atoms with van der Waals surface area (Å²) >= 11 is 0. The molecule has 23 heavy (non-hydrogen) atoms. The lowest BCUT2D eigenvalue weighted by molar-refractivity contribution is 0.190. The molecule has 0 atom stereocenters. The molecule has 4 rings (SSSR count). The summed E-state index contributed by atoms with van der Waals surface area (Å²) in [6.45, 7) is 4.31. The summed E-state index contributed by atoms with van der Waals surface area (Å²) in [6.07, 6.45) is 4.18. The summed E-state index contributed by atoms with van der Waals surface area (Å²) < 4.78 is 0. The number of piperazine rings is 1. The lowest BCUT2D eigenvalue weighted by Gasteiger charge is -2.39. The van der Waals surface area contributed by atoms with Crippen molar-refractivity contribution >= 4 is 5.69 Å². The van der Waals surface area contributed by atoms with E-state index < -0.39 is 0 Å². The van der Waals surface area contributed by atoms with Crippen molar-refractivity contribution in [1.29, 1.82) is 0 Å². The maximum Gasteiger partial charge on any atom is 0.0853 e. The summed E-state index contributed by atoms with van der Waals surface area (Å²) in [7, 11) is 0. The number of aliphatic hydroxyl groups is 1. The number of pyridine rings is 1. The molecule has 1 N–H and O–H groups in total. The second kappa shape index (κ2) is 6.30. The molecule has 0 spiro atoms. The van der Waals surface area contributed by atoms with Crippen LogP contribution in [0.1, 0.15) is 16.8 Å². The summed E-state index contributed by atoms with van der Waals surface area (Å²) in [4.78, 5) is 9.21. The Bertz CT molecular complexity index is 655. The predicted molar refractivity (Wildman–Crippen MR) is 91.6 cm³/mol. The van der Waals surface area contributed by atoms with Gasteiger partial charge in [0.1, 0.15) is 0 Å². The van der Waals surface area contributed by atoms with Crippen LogP contribution in [0.3, 0.4) is 0 Å². The van der Waals surface area contributed by atoms with Crippen LogP contribution in [0.25, 0.3) is 0 Å². The largest absolute Gasteiger partial charge is 0.390 e. The minimum atomic E-state index is 0.00807. The van der Waals surface area contributed by atoms with Gasteiger partial charge >= 0.3 is 0 Å². The molecular weight excluding hydrogens is 286 g/mol. The number of fused-ring (bicyclic) bond motifs is 1. The third-order valence-electron chi connectivity index (χ3n) is 5.19. The molecule has 1 aromatic carbocycles. The lowest BCUT2D eigenvalue weighted by atomic mass is 10.1. The highest BCUT2D eigenvalue weighted by Gasteiger charge is 2.29. The van der Waals surface area contributed by atoms with Crippen LogP contribution in [0, 0.1) is 0 Å². The van der Waals surface area contributed by atoms with Crippen LogP contribution in [0.15, 0.2) is 42.6 Å². The highest BCUT2D eigenvalue weighted by Crippen LogP contribution is 2.27. The molecule has 120 valence electrons.